The predicted molar refractivity (Wildman–Crippen MR) is 420 cm³/mol. The molecule has 19 unspecified atom stereocenters. The fourth-order valence-electron chi connectivity index (χ4n) is 16.7. The van der Waals surface area contributed by atoms with E-state index in [0.717, 1.165) is 6.42 Å². The van der Waals surface area contributed by atoms with E-state index in [1.54, 1.807) is 121 Å². The van der Waals surface area contributed by atoms with E-state index in [0.29, 0.717) is 71.1 Å². The van der Waals surface area contributed by atoms with E-state index in [-0.39, 0.29) is 110 Å². The van der Waals surface area contributed by atoms with Crippen molar-refractivity contribution in [2.45, 2.75) is 233 Å². The number of nitrogens with zero attached hydrogens (tertiary/aromatic N) is 9. The van der Waals surface area contributed by atoms with Gasteiger partial charge in [-0.15, -0.1) is 0 Å². The van der Waals surface area contributed by atoms with Crippen molar-refractivity contribution in [1.82, 2.24) is 0 Å². The molecule has 1 saturated carbocycles. The Morgan fingerprint density at radius 1 is 0.351 bits per heavy atom. The van der Waals surface area contributed by atoms with Crippen LogP contribution in [0, 0.1) is 65.1 Å². The number of carbonyl (C=O) groups is 5. The summed E-state index contributed by atoms with van der Waals surface area (Å²) in [4.78, 5) is 72.6. The van der Waals surface area contributed by atoms with E-state index in [4.69, 9.17) is 66.3 Å². The van der Waals surface area contributed by atoms with Crippen molar-refractivity contribution in [2.75, 3.05) is 26.4 Å². The molecule has 30 atom stereocenters. The molecule has 6 heterocycles. The lowest BCUT2D eigenvalue weighted by molar-refractivity contribution is -0.295. The molecule has 6 aliphatic heterocycles. The van der Waals surface area contributed by atoms with E-state index in [1.165, 1.54) is 0 Å². The molecule has 7 aliphatic rings. The van der Waals surface area contributed by atoms with E-state index >= 15 is 0 Å². The van der Waals surface area contributed by atoms with Crippen LogP contribution in [0.2, 0.25) is 0 Å². The normalized spacial score (nSPS) is 35.5. The number of hydrogen-bond acceptors (Lipinski definition) is 22. The number of ether oxygens (including phenoxy) is 14. The van der Waals surface area contributed by atoms with Gasteiger partial charge >= 0.3 is 29.8 Å². The molecule has 5 aromatic carbocycles. The van der Waals surface area contributed by atoms with Gasteiger partial charge in [-0.1, -0.05) is 189 Å². The average molecular weight is 1570 g/mol. The Kier molecular flexibility index (Phi) is 31.9. The Balaban J connectivity index is 0.000000183. The molecule has 2 bridgehead atoms. The van der Waals surface area contributed by atoms with Gasteiger partial charge in [-0.25, -0.2) is 24.0 Å². The quantitative estimate of drug-likeness (QED) is 0.0182. The van der Waals surface area contributed by atoms with Crippen molar-refractivity contribution in [3.8, 4) is 0 Å². The minimum absolute atomic E-state index is 0.00831. The van der Waals surface area contributed by atoms with Crippen LogP contribution in [0.3, 0.4) is 0 Å². The van der Waals surface area contributed by atoms with Gasteiger partial charge in [-0.3, -0.25) is 0 Å². The molecule has 0 aromatic heterocycles. The van der Waals surface area contributed by atoms with Gasteiger partial charge in [0, 0.05) is 32.5 Å². The lowest BCUT2D eigenvalue weighted by atomic mass is 9.73. The lowest BCUT2D eigenvalue weighted by Gasteiger charge is -2.48. The predicted octanol–water partition coefficient (Wildman–Crippen LogP) is 16.5. The summed E-state index contributed by atoms with van der Waals surface area (Å²) in [5.74, 6) is -2.04. The Hall–Kier alpha value is -8.98. The zero-order chi connectivity index (χ0) is 81.9. The van der Waals surface area contributed by atoms with Crippen molar-refractivity contribution in [2.24, 2.45) is 80.4 Å². The third-order valence-corrected chi connectivity index (χ3v) is 24.5. The van der Waals surface area contributed by atoms with Crippen molar-refractivity contribution in [3.05, 3.63) is 211 Å². The number of esters is 5. The molecule has 0 radical (unpaired) electrons. The molecule has 28 heteroatoms. The standard InChI is InChI=1S/2C31H39N3O7.C24H33N3O5/c2*1-6-24-28(20(4)27(21(5)38-24)40-30(36)23-15-11-8-12-16-23)41-31-26(33-34-32)19(3)18(2)25(39-31)17-37-29(35)22-13-9-7-10-14-22;1-13-15(3)21(26-27-25)24(32-22-16(4)14(2)19-10-18(22)11-29-19)31-20(13)12-30-23(28)17-8-6-5-7-9-17/h2*7-16,18-21,24-28,31H,6,17H2,1-5H3;5-9,13-16,18-22,24H,10-12H2,1-4H3/t2*18?,19-,20?,21?,24-,25?,26-,27?,28-,31?;13?,14-,15-,16+,18?,19?,20?,21?,22?,24?/m000/s1. The summed E-state index contributed by atoms with van der Waals surface area (Å²) in [5.41, 5.74) is 30.2. The van der Waals surface area contributed by atoms with Crippen LogP contribution in [0.25, 0.3) is 31.3 Å². The molecular formula is C86H111N9O19. The second kappa shape index (κ2) is 41.5. The van der Waals surface area contributed by atoms with Gasteiger partial charge in [0.25, 0.3) is 0 Å². The zero-order valence-electron chi connectivity index (χ0n) is 67.5. The second-order valence-electron chi connectivity index (χ2n) is 31.4. The highest BCUT2D eigenvalue weighted by atomic mass is 16.7. The first-order chi connectivity index (χ1) is 54.9. The molecule has 1 aliphatic carbocycles. The molecule has 614 valence electrons. The fraction of sp³-hybridized carbons (Fsp3) is 0.593. The van der Waals surface area contributed by atoms with Gasteiger partial charge in [-0.05, 0) is 158 Å². The summed E-state index contributed by atoms with van der Waals surface area (Å²) in [5, 5.41) is 12.1. The average Bonchev–Trinajstić information content (AvgIpc) is 1.34. The molecular weight excluding hydrogens is 1460 g/mol. The van der Waals surface area contributed by atoms with Crippen LogP contribution in [-0.4, -0.2) is 173 Å². The minimum atomic E-state index is -0.915. The number of benzene rings is 5. The Labute approximate surface area is 667 Å². The number of rotatable bonds is 24. The first-order valence-electron chi connectivity index (χ1n) is 40.1. The van der Waals surface area contributed by atoms with Crippen LogP contribution in [0.1, 0.15) is 168 Å². The Morgan fingerprint density at radius 3 is 0.930 bits per heavy atom. The summed E-state index contributed by atoms with van der Waals surface area (Å²) >= 11 is 0. The van der Waals surface area contributed by atoms with E-state index < -0.39 is 97.5 Å². The maximum Gasteiger partial charge on any atom is 0.338 e. The first kappa shape index (κ1) is 87.4. The summed E-state index contributed by atoms with van der Waals surface area (Å²) in [6, 6.07) is 42.4. The number of carbonyl (C=O) groups excluding carboxylic acids is 5. The lowest BCUT2D eigenvalue weighted by Crippen LogP contribution is -2.58. The SMILES string of the molecule is CC1C(COC(=O)c2ccccc2)OC(OC2C3COC(C3)[C@@H](C)[C@H]2C)C(N=[N+]=[N-])[C@H]1C.CC[C@@H]1OC(C)C(OC(=O)c2ccccc2)C(C)[C@@H]1OC1OC(COC(=O)c2ccccc2)C(C)[C@H](C)[C@@H]1N=[N+]=[N-].CC[C@@H]1OC(C)C(OC(=O)c2ccccc2)C(C)[C@@H]1OC1OC(COC(=O)c2ccccc2)C(C)[C@H](C)[C@@H]1N=[N+]=[N-]. The monoisotopic (exact) mass is 1570 g/mol. The molecule has 12 rings (SSSR count). The molecule has 5 aromatic rings. The second-order valence-corrected chi connectivity index (χ2v) is 31.4. The Bertz CT molecular complexity index is 3880. The van der Waals surface area contributed by atoms with E-state index in [9.17, 15) is 40.6 Å². The largest absolute Gasteiger partial charge is 0.459 e. The highest BCUT2D eigenvalue weighted by Crippen LogP contribution is 2.46. The van der Waals surface area contributed by atoms with Crippen LogP contribution >= 0.6 is 0 Å². The van der Waals surface area contributed by atoms with Crippen LogP contribution in [0.5, 0.6) is 0 Å². The first-order valence-corrected chi connectivity index (χ1v) is 40.1. The van der Waals surface area contributed by atoms with Gasteiger partial charge in [0.1, 0.15) is 32.0 Å². The smallest absolute Gasteiger partial charge is 0.338 e. The minimum Gasteiger partial charge on any atom is -0.459 e. The molecule has 7 fully saturated rings. The van der Waals surface area contributed by atoms with Crippen LogP contribution in [-0.2, 0) is 66.3 Å². The summed E-state index contributed by atoms with van der Waals surface area (Å²) in [7, 11) is 0. The molecule has 28 nitrogen and oxygen atoms in total. The van der Waals surface area contributed by atoms with Gasteiger partial charge in [0.2, 0.25) is 0 Å². The molecule has 114 heavy (non-hydrogen) atoms. The maximum atomic E-state index is 12.9. The zero-order valence-corrected chi connectivity index (χ0v) is 67.5. The van der Waals surface area contributed by atoms with E-state index in [1.807, 2.05) is 113 Å². The highest BCUT2D eigenvalue weighted by Gasteiger charge is 2.54. The van der Waals surface area contributed by atoms with Gasteiger partial charge in [0.05, 0.1) is 120 Å². The number of azide groups is 3. The molecule has 0 amide bonds. The van der Waals surface area contributed by atoms with Crippen molar-refractivity contribution < 1.29 is 90.3 Å². The fourth-order valence-corrected chi connectivity index (χ4v) is 16.7. The van der Waals surface area contributed by atoms with Gasteiger partial charge < -0.3 is 66.3 Å². The summed E-state index contributed by atoms with van der Waals surface area (Å²) in [6.45, 7) is 28.9. The third kappa shape index (κ3) is 21.4. The van der Waals surface area contributed by atoms with Crippen molar-refractivity contribution in [3.63, 3.8) is 0 Å². The van der Waals surface area contributed by atoms with Crippen LogP contribution < -0.4 is 0 Å². The topological polar surface area (TPSA) is 361 Å². The van der Waals surface area contributed by atoms with Crippen LogP contribution in [0.4, 0.5) is 0 Å². The highest BCUT2D eigenvalue weighted by molar-refractivity contribution is 5.91. The summed E-state index contributed by atoms with van der Waals surface area (Å²) in [6.07, 6.45) is -4.77. The van der Waals surface area contributed by atoms with Crippen LogP contribution in [0.15, 0.2) is 167 Å². The molecule has 0 spiro atoms. The summed E-state index contributed by atoms with van der Waals surface area (Å²) < 4.78 is 85.8. The molecule has 6 saturated heterocycles. The molecule has 0 N–H and O–H groups in total. The number of fused-ring (bicyclic) bond motifs is 2. The maximum absolute atomic E-state index is 12.9. The van der Waals surface area contributed by atoms with E-state index in [2.05, 4.69) is 43.9 Å². The van der Waals surface area contributed by atoms with Crippen molar-refractivity contribution >= 4 is 29.8 Å². The third-order valence-electron chi connectivity index (χ3n) is 24.5. The van der Waals surface area contributed by atoms with Gasteiger partial charge in [-0.2, -0.15) is 0 Å². The van der Waals surface area contributed by atoms with Crippen molar-refractivity contribution in [1.29, 1.82) is 0 Å². The van der Waals surface area contributed by atoms with Gasteiger partial charge in [0.15, 0.2) is 18.9 Å². The number of hydrogen-bond donors (Lipinski definition) is 0. The Morgan fingerprint density at radius 2 is 0.640 bits per heavy atom.